The maximum Gasteiger partial charge on any atom is -0.00132 e. The van der Waals surface area contributed by atoms with Gasteiger partial charge in [-0.2, -0.15) is 0 Å². The summed E-state index contributed by atoms with van der Waals surface area (Å²) in [5.41, 5.74) is 7.03. The number of nitrogens with one attached hydrogen (secondary N) is 1. The Morgan fingerprint density at radius 3 is 2.79 bits per heavy atom. The zero-order valence-electron chi connectivity index (χ0n) is 11.3. The van der Waals surface area contributed by atoms with Crippen LogP contribution < -0.4 is 5.32 Å². The molecule has 96 valence electrons. The van der Waals surface area contributed by atoms with E-state index in [-0.39, 0.29) is 0 Å². The fourth-order valence-electron chi connectivity index (χ4n) is 2.72. The molecule has 0 aliphatic heterocycles. The van der Waals surface area contributed by atoms with Gasteiger partial charge in [0, 0.05) is 0 Å². The molecule has 0 fully saturated rings. The largest absolute Gasteiger partial charge is 0.319 e. The molecule has 19 heavy (non-hydrogen) atoms. The van der Waals surface area contributed by atoms with E-state index in [1.807, 2.05) is 7.05 Å². The fourth-order valence-corrected chi connectivity index (χ4v) is 2.72. The van der Waals surface area contributed by atoms with E-state index >= 15 is 0 Å². The van der Waals surface area contributed by atoms with E-state index in [1.54, 1.807) is 0 Å². The number of rotatable bonds is 4. The van der Waals surface area contributed by atoms with Crippen molar-refractivity contribution in [3.63, 3.8) is 0 Å². The van der Waals surface area contributed by atoms with Crippen molar-refractivity contribution < 1.29 is 0 Å². The van der Waals surface area contributed by atoms with Gasteiger partial charge in [0.2, 0.25) is 0 Å². The first kappa shape index (κ1) is 12.2. The molecule has 0 bridgehead atoms. The molecule has 1 N–H and O–H groups in total. The number of fused-ring (bicyclic) bond motifs is 3. The smallest absolute Gasteiger partial charge is 0.00132 e. The summed E-state index contributed by atoms with van der Waals surface area (Å²) in [5.74, 6) is 0. The fraction of sp³-hybridized carbons (Fsp3) is 0.222. The highest BCUT2D eigenvalue weighted by Gasteiger charge is 2.17. The van der Waals surface area contributed by atoms with Crippen LogP contribution in [0.2, 0.25) is 0 Å². The van der Waals surface area contributed by atoms with Crippen LogP contribution in [0.3, 0.4) is 0 Å². The lowest BCUT2D eigenvalue weighted by Gasteiger charge is -2.02. The second-order valence-electron chi connectivity index (χ2n) is 5.05. The van der Waals surface area contributed by atoms with Crippen LogP contribution in [0.4, 0.5) is 0 Å². The normalized spacial score (nSPS) is 12.7. The second kappa shape index (κ2) is 5.41. The van der Waals surface area contributed by atoms with Crippen LogP contribution in [-0.2, 0) is 6.42 Å². The molecule has 1 aliphatic rings. The topological polar surface area (TPSA) is 12.0 Å². The number of benzene rings is 2. The lowest BCUT2D eigenvalue weighted by molar-refractivity contribution is 0.809. The average molecular weight is 249 g/mol. The van der Waals surface area contributed by atoms with Gasteiger partial charge in [0.25, 0.3) is 0 Å². The highest BCUT2D eigenvalue weighted by Crippen LogP contribution is 2.36. The van der Waals surface area contributed by atoms with E-state index in [4.69, 9.17) is 0 Å². The van der Waals surface area contributed by atoms with Crippen LogP contribution in [0.1, 0.15) is 23.1 Å². The predicted molar refractivity (Wildman–Crippen MR) is 82.3 cm³/mol. The second-order valence-corrected chi connectivity index (χ2v) is 5.05. The molecule has 0 saturated carbocycles. The molecule has 0 spiro atoms. The molecule has 0 radical (unpaired) electrons. The summed E-state index contributed by atoms with van der Waals surface area (Å²) in [6.45, 7) is 1.03. The number of hydrogen-bond donors (Lipinski definition) is 1. The molecular formula is C18H19N. The Morgan fingerprint density at radius 1 is 1.05 bits per heavy atom. The summed E-state index contributed by atoms with van der Waals surface area (Å²) < 4.78 is 0. The molecule has 0 unspecified atom stereocenters. The van der Waals surface area contributed by atoms with E-state index in [0.717, 1.165) is 19.4 Å². The van der Waals surface area contributed by atoms with Gasteiger partial charge in [-0.3, -0.25) is 0 Å². The van der Waals surface area contributed by atoms with Crippen molar-refractivity contribution in [1.82, 2.24) is 5.32 Å². The minimum Gasteiger partial charge on any atom is -0.319 e. The van der Waals surface area contributed by atoms with Crippen molar-refractivity contribution in [3.8, 4) is 11.1 Å². The van der Waals surface area contributed by atoms with E-state index in [0.29, 0.717) is 0 Å². The summed E-state index contributed by atoms with van der Waals surface area (Å²) in [4.78, 5) is 0. The third-order valence-corrected chi connectivity index (χ3v) is 3.69. The molecule has 0 atom stereocenters. The molecule has 3 rings (SSSR count). The Labute approximate surface area is 115 Å². The van der Waals surface area contributed by atoms with Gasteiger partial charge in [0.1, 0.15) is 0 Å². The van der Waals surface area contributed by atoms with Gasteiger partial charge in [0.05, 0.1) is 0 Å². The average Bonchev–Trinajstić information content (AvgIpc) is 2.81. The van der Waals surface area contributed by atoms with Crippen LogP contribution >= 0.6 is 0 Å². The molecule has 1 heteroatoms. The first-order valence-corrected chi connectivity index (χ1v) is 6.91. The van der Waals surface area contributed by atoms with E-state index in [2.05, 4.69) is 59.9 Å². The molecule has 1 aliphatic carbocycles. The summed E-state index contributed by atoms with van der Waals surface area (Å²) in [6, 6.07) is 15.5. The first-order valence-electron chi connectivity index (χ1n) is 6.91. The summed E-state index contributed by atoms with van der Waals surface area (Å²) in [6.07, 6.45) is 6.61. The lowest BCUT2D eigenvalue weighted by atomic mass is 10.0. The Balaban J connectivity index is 1.83. The van der Waals surface area contributed by atoms with E-state index in [1.165, 1.54) is 27.8 Å². The summed E-state index contributed by atoms with van der Waals surface area (Å²) in [7, 11) is 1.99. The van der Waals surface area contributed by atoms with Crippen LogP contribution in [0.5, 0.6) is 0 Å². The molecule has 0 aromatic heterocycles. The quantitative estimate of drug-likeness (QED) is 0.692. The summed E-state index contributed by atoms with van der Waals surface area (Å²) in [5, 5.41) is 3.16. The SMILES string of the molecule is CNCCC=Cc1ccc2c(c1)Cc1ccccc1-2. The highest BCUT2D eigenvalue weighted by molar-refractivity contribution is 5.78. The number of hydrogen-bond acceptors (Lipinski definition) is 1. The molecule has 0 saturated heterocycles. The summed E-state index contributed by atoms with van der Waals surface area (Å²) >= 11 is 0. The Morgan fingerprint density at radius 2 is 1.89 bits per heavy atom. The van der Waals surface area contributed by atoms with Crippen LogP contribution in [0.15, 0.2) is 48.5 Å². The molecule has 1 nitrogen and oxygen atoms in total. The maximum atomic E-state index is 3.16. The zero-order valence-corrected chi connectivity index (χ0v) is 11.3. The molecule has 0 heterocycles. The van der Waals surface area contributed by atoms with Gasteiger partial charge < -0.3 is 5.32 Å². The van der Waals surface area contributed by atoms with Crippen molar-refractivity contribution in [2.45, 2.75) is 12.8 Å². The van der Waals surface area contributed by atoms with Crippen LogP contribution in [-0.4, -0.2) is 13.6 Å². The standard InChI is InChI=1S/C18H19N/c1-19-11-5-4-6-14-9-10-18-16(12-14)13-15-7-2-3-8-17(15)18/h2-4,6-10,12,19H,5,11,13H2,1H3. The van der Waals surface area contributed by atoms with Gasteiger partial charge >= 0.3 is 0 Å². The minimum atomic E-state index is 1.03. The van der Waals surface area contributed by atoms with Crippen molar-refractivity contribution in [2.24, 2.45) is 0 Å². The van der Waals surface area contributed by atoms with Crippen molar-refractivity contribution >= 4 is 6.08 Å². The van der Waals surface area contributed by atoms with Gasteiger partial charge in [-0.05, 0) is 54.3 Å². The maximum absolute atomic E-state index is 3.16. The van der Waals surface area contributed by atoms with E-state index < -0.39 is 0 Å². The van der Waals surface area contributed by atoms with Gasteiger partial charge in [-0.1, -0.05) is 54.6 Å². The zero-order chi connectivity index (χ0) is 13.1. The third kappa shape index (κ3) is 2.47. The van der Waals surface area contributed by atoms with Crippen LogP contribution in [0, 0.1) is 0 Å². The lowest BCUT2D eigenvalue weighted by Crippen LogP contribution is -2.05. The van der Waals surface area contributed by atoms with Gasteiger partial charge in [0.15, 0.2) is 0 Å². The van der Waals surface area contributed by atoms with Crippen molar-refractivity contribution in [1.29, 1.82) is 0 Å². The molecule has 2 aromatic rings. The Hall–Kier alpha value is -1.86. The van der Waals surface area contributed by atoms with Crippen molar-refractivity contribution in [3.05, 3.63) is 65.2 Å². The first-order chi connectivity index (χ1) is 9.38. The van der Waals surface area contributed by atoms with Gasteiger partial charge in [-0.25, -0.2) is 0 Å². The minimum absolute atomic E-state index is 1.03. The monoisotopic (exact) mass is 249 g/mol. The Bertz CT molecular complexity index is 611. The predicted octanol–water partition coefficient (Wildman–Crippen LogP) is 3.88. The molecule has 0 amide bonds. The Kier molecular flexibility index (Phi) is 3.47. The van der Waals surface area contributed by atoms with Crippen molar-refractivity contribution in [2.75, 3.05) is 13.6 Å². The third-order valence-electron chi connectivity index (χ3n) is 3.69. The van der Waals surface area contributed by atoms with Crippen LogP contribution in [0.25, 0.3) is 17.2 Å². The molecule has 2 aromatic carbocycles. The van der Waals surface area contributed by atoms with E-state index in [9.17, 15) is 0 Å². The highest BCUT2D eigenvalue weighted by atomic mass is 14.8. The molecular weight excluding hydrogens is 230 g/mol. The van der Waals surface area contributed by atoms with Gasteiger partial charge in [-0.15, -0.1) is 0 Å².